The molecule has 2 aromatic heterocycles. The lowest BCUT2D eigenvalue weighted by molar-refractivity contribution is 0.0663. The SMILES string of the molecule is O=C(O)c1ccc(-c2cccc3ccsc23)o1. The van der Waals surface area contributed by atoms with Crippen molar-refractivity contribution in [3.63, 3.8) is 0 Å². The van der Waals surface area contributed by atoms with Gasteiger partial charge in [-0.1, -0.05) is 12.1 Å². The van der Waals surface area contributed by atoms with Crippen molar-refractivity contribution in [3.8, 4) is 11.3 Å². The molecule has 3 nitrogen and oxygen atoms in total. The van der Waals surface area contributed by atoms with Crippen LogP contribution in [0.1, 0.15) is 10.6 Å². The minimum absolute atomic E-state index is 0.0337. The maximum atomic E-state index is 10.8. The molecular formula is C13H8O3S. The molecule has 0 unspecified atom stereocenters. The van der Waals surface area contributed by atoms with Crippen LogP contribution in [0.25, 0.3) is 21.4 Å². The number of carbonyl (C=O) groups is 1. The summed E-state index contributed by atoms with van der Waals surface area (Å²) < 4.78 is 6.43. The van der Waals surface area contributed by atoms with Crippen molar-refractivity contribution < 1.29 is 14.3 Å². The van der Waals surface area contributed by atoms with Crippen molar-refractivity contribution in [1.29, 1.82) is 0 Å². The van der Waals surface area contributed by atoms with E-state index in [2.05, 4.69) is 0 Å². The first-order chi connectivity index (χ1) is 8.25. The molecule has 3 rings (SSSR count). The van der Waals surface area contributed by atoms with Gasteiger partial charge in [0.05, 0.1) is 0 Å². The highest BCUT2D eigenvalue weighted by molar-refractivity contribution is 7.17. The molecule has 0 atom stereocenters. The van der Waals surface area contributed by atoms with Crippen LogP contribution in [-0.2, 0) is 0 Å². The van der Waals surface area contributed by atoms with Crippen molar-refractivity contribution in [3.05, 3.63) is 47.5 Å². The third kappa shape index (κ3) is 1.62. The lowest BCUT2D eigenvalue weighted by Crippen LogP contribution is -1.91. The number of benzene rings is 1. The fourth-order valence-electron chi connectivity index (χ4n) is 1.78. The van der Waals surface area contributed by atoms with E-state index in [9.17, 15) is 4.79 Å². The van der Waals surface area contributed by atoms with Gasteiger partial charge >= 0.3 is 5.97 Å². The van der Waals surface area contributed by atoms with E-state index in [4.69, 9.17) is 9.52 Å². The largest absolute Gasteiger partial charge is 0.475 e. The number of fused-ring (bicyclic) bond motifs is 1. The average molecular weight is 244 g/mol. The quantitative estimate of drug-likeness (QED) is 0.744. The molecule has 0 saturated carbocycles. The van der Waals surface area contributed by atoms with Gasteiger partial charge in [0, 0.05) is 10.3 Å². The second kappa shape index (κ2) is 3.75. The van der Waals surface area contributed by atoms with Gasteiger partial charge in [0.2, 0.25) is 5.76 Å². The van der Waals surface area contributed by atoms with Crippen molar-refractivity contribution in [2.24, 2.45) is 0 Å². The molecule has 0 bridgehead atoms. The highest BCUT2D eigenvalue weighted by atomic mass is 32.1. The van der Waals surface area contributed by atoms with E-state index in [1.165, 1.54) is 6.07 Å². The average Bonchev–Trinajstić information content (AvgIpc) is 2.97. The van der Waals surface area contributed by atoms with Crippen LogP contribution in [0, 0.1) is 0 Å². The van der Waals surface area contributed by atoms with Crippen LogP contribution in [0.3, 0.4) is 0 Å². The predicted molar refractivity (Wildman–Crippen MR) is 66.5 cm³/mol. The van der Waals surface area contributed by atoms with Gasteiger partial charge in [-0.25, -0.2) is 4.79 Å². The van der Waals surface area contributed by atoms with E-state index in [0.717, 1.165) is 15.6 Å². The van der Waals surface area contributed by atoms with Crippen LogP contribution in [0.15, 0.2) is 46.2 Å². The van der Waals surface area contributed by atoms with Crippen molar-refractivity contribution in [1.82, 2.24) is 0 Å². The van der Waals surface area contributed by atoms with Crippen molar-refractivity contribution >= 4 is 27.4 Å². The van der Waals surface area contributed by atoms with E-state index in [0.29, 0.717) is 5.76 Å². The third-order valence-corrected chi connectivity index (χ3v) is 3.52. The molecule has 0 aliphatic heterocycles. The van der Waals surface area contributed by atoms with Gasteiger partial charge in [-0.15, -0.1) is 11.3 Å². The summed E-state index contributed by atoms with van der Waals surface area (Å²) in [5.74, 6) is -0.487. The second-order valence-electron chi connectivity index (χ2n) is 3.61. The number of hydrogen-bond acceptors (Lipinski definition) is 3. The number of furan rings is 1. The second-order valence-corrected chi connectivity index (χ2v) is 4.53. The van der Waals surface area contributed by atoms with Crippen LogP contribution >= 0.6 is 11.3 Å². The van der Waals surface area contributed by atoms with Crippen LogP contribution in [0.4, 0.5) is 0 Å². The summed E-state index contributed by atoms with van der Waals surface area (Å²) in [7, 11) is 0. The summed E-state index contributed by atoms with van der Waals surface area (Å²) in [6.45, 7) is 0. The molecule has 0 spiro atoms. The van der Waals surface area contributed by atoms with Crippen LogP contribution < -0.4 is 0 Å². The Morgan fingerprint density at radius 1 is 1.18 bits per heavy atom. The monoisotopic (exact) mass is 244 g/mol. The maximum absolute atomic E-state index is 10.8. The molecule has 84 valence electrons. The lowest BCUT2D eigenvalue weighted by Gasteiger charge is -1.98. The Kier molecular flexibility index (Phi) is 2.23. The summed E-state index contributed by atoms with van der Waals surface area (Å²) >= 11 is 1.62. The Labute approximate surface area is 101 Å². The first-order valence-electron chi connectivity index (χ1n) is 5.05. The molecule has 0 fully saturated rings. The Morgan fingerprint density at radius 2 is 2.06 bits per heavy atom. The zero-order valence-corrected chi connectivity index (χ0v) is 9.53. The molecule has 4 heteroatoms. The standard InChI is InChI=1S/C13H8O3S/c14-13(15)11-5-4-10(16-11)9-3-1-2-8-6-7-17-12(8)9/h1-7H,(H,14,15). The zero-order chi connectivity index (χ0) is 11.8. The van der Waals surface area contributed by atoms with Gasteiger partial charge in [-0.3, -0.25) is 0 Å². The highest BCUT2D eigenvalue weighted by Crippen LogP contribution is 2.33. The molecule has 1 N–H and O–H groups in total. The Bertz CT molecular complexity index is 693. The van der Waals surface area contributed by atoms with E-state index < -0.39 is 5.97 Å². The topological polar surface area (TPSA) is 50.4 Å². The Hall–Kier alpha value is -2.07. The maximum Gasteiger partial charge on any atom is 0.371 e. The van der Waals surface area contributed by atoms with E-state index in [1.54, 1.807) is 17.4 Å². The Balaban J connectivity index is 2.19. The summed E-state index contributed by atoms with van der Waals surface area (Å²) in [5, 5.41) is 12.0. The number of thiophene rings is 1. The first kappa shape index (κ1) is 10.1. The molecule has 0 aliphatic carbocycles. The van der Waals surface area contributed by atoms with Crippen molar-refractivity contribution in [2.45, 2.75) is 0 Å². The highest BCUT2D eigenvalue weighted by Gasteiger charge is 2.12. The van der Waals surface area contributed by atoms with E-state index in [-0.39, 0.29) is 5.76 Å². The minimum atomic E-state index is -1.05. The first-order valence-corrected chi connectivity index (χ1v) is 5.93. The number of carboxylic acid groups (broad SMARTS) is 1. The fourth-order valence-corrected chi connectivity index (χ4v) is 2.70. The van der Waals surface area contributed by atoms with Gasteiger partial charge in [0.15, 0.2) is 0 Å². The lowest BCUT2D eigenvalue weighted by atomic mass is 10.1. The third-order valence-electron chi connectivity index (χ3n) is 2.56. The zero-order valence-electron chi connectivity index (χ0n) is 8.71. The molecular weight excluding hydrogens is 236 g/mol. The molecule has 0 amide bonds. The molecule has 17 heavy (non-hydrogen) atoms. The van der Waals surface area contributed by atoms with E-state index >= 15 is 0 Å². The molecule has 0 radical (unpaired) electrons. The van der Waals surface area contributed by atoms with Gasteiger partial charge in [0.25, 0.3) is 0 Å². The molecule has 2 heterocycles. The van der Waals surface area contributed by atoms with Gasteiger partial charge in [-0.05, 0) is 35.0 Å². The molecule has 0 saturated heterocycles. The number of hydrogen-bond donors (Lipinski definition) is 1. The number of carboxylic acids is 1. The van der Waals surface area contributed by atoms with Gasteiger partial charge < -0.3 is 9.52 Å². The number of aromatic carboxylic acids is 1. The summed E-state index contributed by atoms with van der Waals surface area (Å²) in [5.41, 5.74) is 0.935. The van der Waals surface area contributed by atoms with Crippen LogP contribution in [0.5, 0.6) is 0 Å². The summed E-state index contributed by atoms with van der Waals surface area (Å²) in [6.07, 6.45) is 0. The Morgan fingerprint density at radius 3 is 2.82 bits per heavy atom. The van der Waals surface area contributed by atoms with Gasteiger partial charge in [0.1, 0.15) is 5.76 Å². The smallest absolute Gasteiger partial charge is 0.371 e. The van der Waals surface area contributed by atoms with Crippen molar-refractivity contribution in [2.75, 3.05) is 0 Å². The van der Waals surface area contributed by atoms with E-state index in [1.807, 2.05) is 29.6 Å². The fraction of sp³-hybridized carbons (Fsp3) is 0. The molecule has 0 aliphatic rings. The van der Waals surface area contributed by atoms with Crippen LogP contribution in [0.2, 0.25) is 0 Å². The van der Waals surface area contributed by atoms with Gasteiger partial charge in [-0.2, -0.15) is 0 Å². The molecule has 1 aromatic carbocycles. The van der Waals surface area contributed by atoms with Crippen LogP contribution in [-0.4, -0.2) is 11.1 Å². The summed E-state index contributed by atoms with van der Waals surface area (Å²) in [4.78, 5) is 10.8. The predicted octanol–water partition coefficient (Wildman–Crippen LogP) is 3.86. The number of rotatable bonds is 2. The normalized spacial score (nSPS) is 10.8. The molecule has 3 aromatic rings. The summed E-state index contributed by atoms with van der Waals surface area (Å²) in [6, 6.07) is 11.1. The minimum Gasteiger partial charge on any atom is -0.475 e.